The van der Waals surface area contributed by atoms with E-state index in [1.165, 1.54) is 10.9 Å². The Hall–Kier alpha value is -2.75. The normalized spacial score (nSPS) is 17.6. The summed E-state index contributed by atoms with van der Waals surface area (Å²) < 4.78 is 0. The van der Waals surface area contributed by atoms with E-state index in [1.807, 2.05) is 29.3 Å². The van der Waals surface area contributed by atoms with Crippen LogP contribution in [0.25, 0.3) is 10.9 Å². The summed E-state index contributed by atoms with van der Waals surface area (Å²) in [6.45, 7) is 1.63. The fourth-order valence-electron chi connectivity index (χ4n) is 3.73. The summed E-state index contributed by atoms with van der Waals surface area (Å²) in [6, 6.07) is 14.1. The van der Waals surface area contributed by atoms with Crippen LogP contribution in [0.15, 0.2) is 61.1 Å². The molecule has 126 valence electrons. The van der Waals surface area contributed by atoms with Crippen molar-refractivity contribution in [3.05, 3.63) is 72.2 Å². The predicted octanol–water partition coefficient (Wildman–Crippen LogP) is 3.72. The second-order valence-corrected chi connectivity index (χ2v) is 6.70. The topological polar surface area (TPSA) is 46.1 Å². The van der Waals surface area contributed by atoms with Crippen LogP contribution >= 0.6 is 0 Å². The SMILES string of the molecule is O=C(c1cccnc1)N1CCC[C@H](Cc2cccc3cccnc23)C1. The van der Waals surface area contributed by atoms with Gasteiger partial charge in [-0.2, -0.15) is 0 Å². The molecule has 0 spiro atoms. The average Bonchev–Trinajstić information content (AvgIpc) is 2.69. The van der Waals surface area contributed by atoms with Crippen LogP contribution in [0.5, 0.6) is 0 Å². The fourth-order valence-corrected chi connectivity index (χ4v) is 3.73. The zero-order valence-corrected chi connectivity index (χ0v) is 14.1. The Morgan fingerprint density at radius 1 is 1.12 bits per heavy atom. The van der Waals surface area contributed by atoms with Crippen LogP contribution in [0.1, 0.15) is 28.8 Å². The molecule has 1 aromatic carbocycles. The van der Waals surface area contributed by atoms with Gasteiger partial charge in [-0.15, -0.1) is 0 Å². The molecular formula is C21H21N3O. The van der Waals surface area contributed by atoms with Gasteiger partial charge >= 0.3 is 0 Å². The molecule has 0 radical (unpaired) electrons. The fraction of sp³-hybridized carbons (Fsp3) is 0.286. The van der Waals surface area contributed by atoms with Crippen molar-refractivity contribution in [3.63, 3.8) is 0 Å². The standard InChI is InChI=1S/C21H21N3O/c25-21(19-9-2-10-22-14-19)24-12-4-5-16(15-24)13-18-7-1-6-17-8-3-11-23-20(17)18/h1-3,6-11,14,16H,4-5,12-13,15H2/t16-/m1/s1. The highest BCUT2D eigenvalue weighted by molar-refractivity contribution is 5.94. The van der Waals surface area contributed by atoms with Gasteiger partial charge in [0.05, 0.1) is 11.1 Å². The van der Waals surface area contributed by atoms with E-state index in [4.69, 9.17) is 0 Å². The first-order valence-corrected chi connectivity index (χ1v) is 8.83. The Bertz CT molecular complexity index is 873. The summed E-state index contributed by atoms with van der Waals surface area (Å²) in [7, 11) is 0. The number of hydrogen-bond acceptors (Lipinski definition) is 3. The van der Waals surface area contributed by atoms with Gasteiger partial charge < -0.3 is 4.90 Å². The molecule has 3 aromatic rings. The van der Waals surface area contributed by atoms with Crippen LogP contribution in [0.2, 0.25) is 0 Å². The van der Waals surface area contributed by atoms with E-state index in [2.05, 4.69) is 34.2 Å². The second-order valence-electron chi connectivity index (χ2n) is 6.70. The molecule has 0 bridgehead atoms. The van der Waals surface area contributed by atoms with E-state index in [-0.39, 0.29) is 5.91 Å². The third-order valence-corrected chi connectivity index (χ3v) is 4.94. The quantitative estimate of drug-likeness (QED) is 0.735. The zero-order chi connectivity index (χ0) is 17.1. The van der Waals surface area contributed by atoms with E-state index in [1.54, 1.807) is 12.4 Å². The van der Waals surface area contributed by atoms with Gasteiger partial charge in [-0.3, -0.25) is 14.8 Å². The van der Waals surface area contributed by atoms with Gasteiger partial charge in [0.2, 0.25) is 0 Å². The molecular weight excluding hydrogens is 310 g/mol. The number of piperidine rings is 1. The highest BCUT2D eigenvalue weighted by atomic mass is 16.2. The van der Waals surface area contributed by atoms with Crippen molar-refractivity contribution in [1.82, 2.24) is 14.9 Å². The summed E-state index contributed by atoms with van der Waals surface area (Å²) in [5, 5.41) is 1.18. The van der Waals surface area contributed by atoms with Crippen LogP contribution < -0.4 is 0 Å². The Morgan fingerprint density at radius 2 is 2.00 bits per heavy atom. The van der Waals surface area contributed by atoms with Crippen molar-refractivity contribution in [2.75, 3.05) is 13.1 Å². The number of nitrogens with zero attached hydrogens (tertiary/aromatic N) is 3. The molecule has 0 aliphatic carbocycles. The highest BCUT2D eigenvalue weighted by Crippen LogP contribution is 2.25. The number of carbonyl (C=O) groups is 1. The van der Waals surface area contributed by atoms with Gasteiger partial charge in [-0.05, 0) is 48.9 Å². The van der Waals surface area contributed by atoms with Crippen LogP contribution in [-0.4, -0.2) is 33.9 Å². The summed E-state index contributed by atoms with van der Waals surface area (Å²) in [6.07, 6.45) is 8.37. The number of pyridine rings is 2. The van der Waals surface area contributed by atoms with E-state index in [9.17, 15) is 4.79 Å². The summed E-state index contributed by atoms with van der Waals surface area (Å²) in [4.78, 5) is 23.3. The zero-order valence-electron chi connectivity index (χ0n) is 14.1. The lowest BCUT2D eigenvalue weighted by atomic mass is 9.90. The monoisotopic (exact) mass is 331 g/mol. The molecule has 2 aromatic heterocycles. The molecule has 4 heteroatoms. The molecule has 4 nitrogen and oxygen atoms in total. The molecule has 0 unspecified atom stereocenters. The van der Waals surface area contributed by atoms with Crippen LogP contribution in [0.3, 0.4) is 0 Å². The van der Waals surface area contributed by atoms with Gasteiger partial charge in [-0.25, -0.2) is 0 Å². The second kappa shape index (κ2) is 7.01. The Balaban J connectivity index is 1.51. The summed E-state index contributed by atoms with van der Waals surface area (Å²) >= 11 is 0. The van der Waals surface area contributed by atoms with Gasteiger partial charge in [-0.1, -0.05) is 24.3 Å². The lowest BCUT2D eigenvalue weighted by molar-refractivity contribution is 0.0673. The van der Waals surface area contributed by atoms with Crippen molar-refractivity contribution in [3.8, 4) is 0 Å². The molecule has 25 heavy (non-hydrogen) atoms. The van der Waals surface area contributed by atoms with Crippen LogP contribution in [-0.2, 0) is 6.42 Å². The smallest absolute Gasteiger partial charge is 0.255 e. The number of rotatable bonds is 3. The molecule has 1 amide bonds. The number of amides is 1. The number of fused-ring (bicyclic) bond motifs is 1. The van der Waals surface area contributed by atoms with Gasteiger partial charge in [0, 0.05) is 37.1 Å². The lowest BCUT2D eigenvalue weighted by Gasteiger charge is -2.33. The number of likely N-dealkylation sites (tertiary alicyclic amines) is 1. The van der Waals surface area contributed by atoms with Crippen molar-refractivity contribution in [2.45, 2.75) is 19.3 Å². The molecule has 1 atom stereocenters. The van der Waals surface area contributed by atoms with Gasteiger partial charge in [0.15, 0.2) is 0 Å². The summed E-state index contributed by atoms with van der Waals surface area (Å²) in [5.41, 5.74) is 3.04. The van der Waals surface area contributed by atoms with Crippen molar-refractivity contribution >= 4 is 16.8 Å². The minimum Gasteiger partial charge on any atom is -0.338 e. The number of hydrogen-bond donors (Lipinski definition) is 0. The first-order valence-electron chi connectivity index (χ1n) is 8.83. The minimum absolute atomic E-state index is 0.0915. The molecule has 4 rings (SSSR count). The van der Waals surface area contributed by atoms with Crippen molar-refractivity contribution < 1.29 is 4.79 Å². The average molecular weight is 331 g/mol. The third kappa shape index (κ3) is 3.38. The maximum absolute atomic E-state index is 12.7. The molecule has 1 aliphatic heterocycles. The number of para-hydroxylation sites is 1. The molecule has 1 fully saturated rings. The van der Waals surface area contributed by atoms with Crippen LogP contribution in [0.4, 0.5) is 0 Å². The first kappa shape index (κ1) is 15.8. The largest absolute Gasteiger partial charge is 0.338 e. The van der Waals surface area contributed by atoms with Crippen molar-refractivity contribution in [2.24, 2.45) is 5.92 Å². The molecule has 0 N–H and O–H groups in total. The van der Waals surface area contributed by atoms with Gasteiger partial charge in [0.25, 0.3) is 5.91 Å². The Kier molecular flexibility index (Phi) is 4.42. The summed E-state index contributed by atoms with van der Waals surface area (Å²) in [5.74, 6) is 0.566. The van der Waals surface area contributed by atoms with Crippen molar-refractivity contribution in [1.29, 1.82) is 0 Å². The molecule has 3 heterocycles. The Labute approximate surface area is 147 Å². The Morgan fingerprint density at radius 3 is 2.88 bits per heavy atom. The van der Waals surface area contributed by atoms with E-state index in [0.29, 0.717) is 11.5 Å². The van der Waals surface area contributed by atoms with Gasteiger partial charge in [0.1, 0.15) is 0 Å². The number of benzene rings is 1. The highest BCUT2D eigenvalue weighted by Gasteiger charge is 2.25. The minimum atomic E-state index is 0.0915. The predicted molar refractivity (Wildman–Crippen MR) is 98.3 cm³/mol. The lowest BCUT2D eigenvalue weighted by Crippen LogP contribution is -2.40. The first-order chi connectivity index (χ1) is 12.3. The maximum Gasteiger partial charge on any atom is 0.255 e. The molecule has 1 aliphatic rings. The number of carbonyl (C=O) groups excluding carboxylic acids is 1. The number of aromatic nitrogens is 2. The third-order valence-electron chi connectivity index (χ3n) is 4.94. The maximum atomic E-state index is 12.7. The van der Waals surface area contributed by atoms with E-state index < -0.39 is 0 Å². The molecule has 1 saturated heterocycles. The molecule has 0 saturated carbocycles. The van der Waals surface area contributed by atoms with Crippen LogP contribution in [0, 0.1) is 5.92 Å². The van der Waals surface area contributed by atoms with E-state index >= 15 is 0 Å². The van der Waals surface area contributed by atoms with E-state index in [0.717, 1.165) is 37.9 Å².